The first-order valence-corrected chi connectivity index (χ1v) is 6.83. The first kappa shape index (κ1) is 12.7. The maximum Gasteiger partial charge on any atom is 0.222 e. The largest absolute Gasteiger partial charge is 0.399 e. The normalized spacial score (nSPS) is 19.2. The number of piperidine rings is 1. The lowest BCUT2D eigenvalue weighted by Gasteiger charge is -2.33. The minimum Gasteiger partial charge on any atom is -0.399 e. The molecule has 1 aromatic carbocycles. The van der Waals surface area contributed by atoms with Gasteiger partial charge in [0.05, 0.1) is 11.4 Å². The molecule has 0 radical (unpaired) electrons. The van der Waals surface area contributed by atoms with Gasteiger partial charge >= 0.3 is 0 Å². The van der Waals surface area contributed by atoms with Gasteiger partial charge in [-0.1, -0.05) is 0 Å². The standard InChI is InChI=1S/C15H18N4O/c16-11-3-4-12-13(8-11)18-6-5-14(12)19-7-1-2-10(9-19)15(17)20/h3-6,8,10H,1-2,7,9,16H2,(H2,17,20). The van der Waals surface area contributed by atoms with E-state index in [4.69, 9.17) is 11.5 Å². The Morgan fingerprint density at radius 2 is 2.20 bits per heavy atom. The zero-order chi connectivity index (χ0) is 14.1. The van der Waals surface area contributed by atoms with E-state index < -0.39 is 0 Å². The van der Waals surface area contributed by atoms with Crippen molar-refractivity contribution in [2.24, 2.45) is 11.7 Å². The number of fused-ring (bicyclic) bond motifs is 1. The van der Waals surface area contributed by atoms with Gasteiger partial charge < -0.3 is 16.4 Å². The lowest BCUT2D eigenvalue weighted by Crippen LogP contribution is -2.41. The summed E-state index contributed by atoms with van der Waals surface area (Å²) in [7, 11) is 0. The maximum atomic E-state index is 11.4. The molecule has 1 aliphatic rings. The minimum absolute atomic E-state index is 0.0688. The average molecular weight is 270 g/mol. The maximum absolute atomic E-state index is 11.4. The first-order valence-electron chi connectivity index (χ1n) is 6.83. The number of pyridine rings is 1. The third-order valence-electron chi connectivity index (χ3n) is 3.91. The van der Waals surface area contributed by atoms with E-state index in [1.165, 1.54) is 0 Å². The molecule has 1 fully saturated rings. The van der Waals surface area contributed by atoms with Crippen LogP contribution >= 0.6 is 0 Å². The highest BCUT2D eigenvalue weighted by molar-refractivity contribution is 5.93. The number of nitrogens with two attached hydrogens (primary N) is 2. The van der Waals surface area contributed by atoms with Crippen LogP contribution in [0.2, 0.25) is 0 Å². The summed E-state index contributed by atoms with van der Waals surface area (Å²) in [5, 5.41) is 1.06. The highest BCUT2D eigenvalue weighted by Crippen LogP contribution is 2.30. The molecule has 104 valence electrons. The quantitative estimate of drug-likeness (QED) is 0.810. The SMILES string of the molecule is NC(=O)C1CCCN(c2ccnc3cc(N)ccc23)C1. The Balaban J connectivity index is 1.99. The highest BCUT2D eigenvalue weighted by atomic mass is 16.1. The van der Waals surface area contributed by atoms with Crippen molar-refractivity contribution in [3.63, 3.8) is 0 Å². The number of primary amides is 1. The Kier molecular flexibility index (Phi) is 3.18. The second-order valence-corrected chi connectivity index (χ2v) is 5.29. The number of benzene rings is 1. The zero-order valence-corrected chi connectivity index (χ0v) is 11.2. The van der Waals surface area contributed by atoms with Crippen LogP contribution in [0.1, 0.15) is 12.8 Å². The molecule has 0 saturated carbocycles. The number of amides is 1. The average Bonchev–Trinajstić information content (AvgIpc) is 2.46. The third kappa shape index (κ3) is 2.27. The van der Waals surface area contributed by atoms with Gasteiger partial charge in [0.25, 0.3) is 0 Å². The van der Waals surface area contributed by atoms with E-state index in [1.807, 2.05) is 24.3 Å². The van der Waals surface area contributed by atoms with Gasteiger partial charge in [-0.2, -0.15) is 0 Å². The van der Waals surface area contributed by atoms with E-state index in [9.17, 15) is 4.79 Å². The molecule has 1 saturated heterocycles. The Morgan fingerprint density at radius 1 is 1.35 bits per heavy atom. The van der Waals surface area contributed by atoms with Gasteiger partial charge in [-0.25, -0.2) is 0 Å². The number of aromatic nitrogens is 1. The number of rotatable bonds is 2. The summed E-state index contributed by atoms with van der Waals surface area (Å²) in [6.45, 7) is 1.62. The Morgan fingerprint density at radius 3 is 3.00 bits per heavy atom. The molecule has 1 amide bonds. The fraction of sp³-hybridized carbons (Fsp3) is 0.333. The van der Waals surface area contributed by atoms with Crippen molar-refractivity contribution in [2.45, 2.75) is 12.8 Å². The molecule has 1 unspecified atom stereocenters. The predicted molar refractivity (Wildman–Crippen MR) is 80.3 cm³/mol. The number of carbonyl (C=O) groups excluding carboxylic acids is 1. The lowest BCUT2D eigenvalue weighted by molar-refractivity contribution is -0.122. The van der Waals surface area contributed by atoms with E-state index in [0.717, 1.165) is 36.0 Å². The van der Waals surface area contributed by atoms with Gasteiger partial charge in [-0.05, 0) is 37.1 Å². The summed E-state index contributed by atoms with van der Waals surface area (Å²) in [6, 6.07) is 7.72. The van der Waals surface area contributed by atoms with E-state index >= 15 is 0 Å². The van der Waals surface area contributed by atoms with Gasteiger partial charge in [0.15, 0.2) is 0 Å². The van der Waals surface area contributed by atoms with Gasteiger partial charge in [-0.3, -0.25) is 9.78 Å². The third-order valence-corrected chi connectivity index (χ3v) is 3.91. The number of hydrogen-bond donors (Lipinski definition) is 2. The smallest absolute Gasteiger partial charge is 0.222 e. The van der Waals surface area contributed by atoms with Crippen molar-refractivity contribution in [1.29, 1.82) is 0 Å². The highest BCUT2D eigenvalue weighted by Gasteiger charge is 2.25. The molecule has 5 heteroatoms. The van der Waals surface area contributed by atoms with Crippen LogP contribution in [0.25, 0.3) is 10.9 Å². The molecule has 2 heterocycles. The van der Waals surface area contributed by atoms with Gasteiger partial charge in [0, 0.05) is 36.0 Å². The summed E-state index contributed by atoms with van der Waals surface area (Å²) in [5.74, 6) is -0.280. The molecule has 0 spiro atoms. The van der Waals surface area contributed by atoms with Crippen LogP contribution in [0.5, 0.6) is 0 Å². The van der Waals surface area contributed by atoms with Crippen LogP contribution in [0.3, 0.4) is 0 Å². The number of nitrogens with zero attached hydrogens (tertiary/aromatic N) is 2. The molecular weight excluding hydrogens is 252 g/mol. The monoisotopic (exact) mass is 270 g/mol. The summed E-state index contributed by atoms with van der Waals surface area (Å²) in [6.07, 6.45) is 3.64. The number of nitrogen functional groups attached to an aromatic ring is 1. The Labute approximate surface area is 117 Å². The van der Waals surface area contributed by atoms with Crippen LogP contribution in [0, 0.1) is 5.92 Å². The molecule has 5 nitrogen and oxygen atoms in total. The molecule has 0 bridgehead atoms. The second kappa shape index (κ2) is 5.00. The molecule has 1 aromatic heterocycles. The van der Waals surface area contributed by atoms with Crippen molar-refractivity contribution < 1.29 is 4.79 Å². The van der Waals surface area contributed by atoms with E-state index in [-0.39, 0.29) is 11.8 Å². The molecular formula is C15H18N4O. The van der Waals surface area contributed by atoms with Crippen molar-refractivity contribution in [2.75, 3.05) is 23.7 Å². The van der Waals surface area contributed by atoms with Gasteiger partial charge in [0.2, 0.25) is 5.91 Å². The van der Waals surface area contributed by atoms with Gasteiger partial charge in [0.1, 0.15) is 0 Å². The van der Waals surface area contributed by atoms with Crippen molar-refractivity contribution in [1.82, 2.24) is 4.98 Å². The Bertz CT molecular complexity index is 655. The molecule has 4 N–H and O–H groups in total. The van der Waals surface area contributed by atoms with E-state index in [0.29, 0.717) is 12.2 Å². The van der Waals surface area contributed by atoms with Crippen molar-refractivity contribution >= 4 is 28.2 Å². The topological polar surface area (TPSA) is 85.2 Å². The fourth-order valence-electron chi connectivity index (χ4n) is 2.85. The van der Waals surface area contributed by atoms with Crippen LogP contribution in [0.15, 0.2) is 30.5 Å². The van der Waals surface area contributed by atoms with Gasteiger partial charge in [-0.15, -0.1) is 0 Å². The fourth-order valence-corrected chi connectivity index (χ4v) is 2.85. The van der Waals surface area contributed by atoms with E-state index in [2.05, 4.69) is 9.88 Å². The molecule has 20 heavy (non-hydrogen) atoms. The Hall–Kier alpha value is -2.30. The molecule has 1 aliphatic heterocycles. The van der Waals surface area contributed by atoms with E-state index in [1.54, 1.807) is 6.20 Å². The summed E-state index contributed by atoms with van der Waals surface area (Å²) < 4.78 is 0. The minimum atomic E-state index is -0.211. The van der Waals surface area contributed by atoms with Crippen LogP contribution < -0.4 is 16.4 Å². The second-order valence-electron chi connectivity index (χ2n) is 5.29. The van der Waals surface area contributed by atoms with Crippen molar-refractivity contribution in [3.8, 4) is 0 Å². The van der Waals surface area contributed by atoms with Crippen LogP contribution in [-0.2, 0) is 4.79 Å². The number of hydrogen-bond acceptors (Lipinski definition) is 4. The van der Waals surface area contributed by atoms with Crippen LogP contribution in [-0.4, -0.2) is 24.0 Å². The van der Waals surface area contributed by atoms with Crippen LogP contribution in [0.4, 0.5) is 11.4 Å². The summed E-state index contributed by atoms with van der Waals surface area (Å²) >= 11 is 0. The first-order chi connectivity index (χ1) is 9.65. The van der Waals surface area contributed by atoms with Crippen molar-refractivity contribution in [3.05, 3.63) is 30.5 Å². The summed E-state index contributed by atoms with van der Waals surface area (Å²) in [5.41, 5.74) is 13.9. The number of carbonyl (C=O) groups is 1. The molecule has 1 atom stereocenters. The molecule has 0 aliphatic carbocycles. The number of anilines is 2. The lowest BCUT2D eigenvalue weighted by atomic mass is 9.96. The molecule has 3 rings (SSSR count). The zero-order valence-electron chi connectivity index (χ0n) is 11.2. The molecule has 2 aromatic rings. The predicted octanol–water partition coefficient (Wildman–Crippen LogP) is 1.52. The summed E-state index contributed by atoms with van der Waals surface area (Å²) in [4.78, 5) is 18.0.